The fourth-order valence-corrected chi connectivity index (χ4v) is 3.33. The van der Waals surface area contributed by atoms with Gasteiger partial charge in [0, 0.05) is 14.7 Å². The van der Waals surface area contributed by atoms with Crippen molar-refractivity contribution in [1.29, 1.82) is 0 Å². The third-order valence-electron chi connectivity index (χ3n) is 4.44. The Morgan fingerprint density at radius 2 is 1.67 bits per heavy atom. The molecule has 0 aliphatic rings. The standard InChI is InChI=1S/C17H38O5Si2/c1-17(2,3)24(8,9)22-13-15(12-16(18)19-4)21-14-20-10-11-23(5,6)7/h15H,10-14H2,1-9H3/t15-/m0/s1. The first-order valence-corrected chi connectivity index (χ1v) is 15.3. The van der Waals surface area contributed by atoms with Gasteiger partial charge >= 0.3 is 5.97 Å². The van der Waals surface area contributed by atoms with Crippen LogP contribution in [0.3, 0.4) is 0 Å². The second-order valence-electron chi connectivity index (χ2n) is 8.98. The molecular formula is C17H38O5Si2. The number of carbonyl (C=O) groups excluding carboxylic acids is 1. The Labute approximate surface area is 150 Å². The van der Waals surface area contributed by atoms with Gasteiger partial charge in [-0.2, -0.15) is 0 Å². The third-order valence-corrected chi connectivity index (χ3v) is 10.6. The molecule has 0 saturated heterocycles. The van der Waals surface area contributed by atoms with Crippen molar-refractivity contribution in [1.82, 2.24) is 0 Å². The van der Waals surface area contributed by atoms with Gasteiger partial charge in [-0.05, 0) is 24.2 Å². The quantitative estimate of drug-likeness (QED) is 0.233. The fourth-order valence-electron chi connectivity index (χ4n) is 1.53. The summed E-state index contributed by atoms with van der Waals surface area (Å²) < 4.78 is 22.2. The molecule has 0 rings (SSSR count). The highest BCUT2D eigenvalue weighted by Crippen LogP contribution is 2.36. The molecule has 0 aliphatic carbocycles. The summed E-state index contributed by atoms with van der Waals surface area (Å²) in [6.45, 7) is 19.1. The van der Waals surface area contributed by atoms with Crippen LogP contribution in [0, 0.1) is 0 Å². The molecule has 0 aromatic heterocycles. The molecule has 0 heterocycles. The van der Waals surface area contributed by atoms with E-state index in [0.29, 0.717) is 13.2 Å². The summed E-state index contributed by atoms with van der Waals surface area (Å²) in [6, 6.07) is 1.10. The van der Waals surface area contributed by atoms with Gasteiger partial charge in [-0.25, -0.2) is 0 Å². The number of ether oxygens (including phenoxy) is 3. The van der Waals surface area contributed by atoms with E-state index in [9.17, 15) is 4.79 Å². The summed E-state index contributed by atoms with van der Waals surface area (Å²) in [5.74, 6) is -0.291. The second kappa shape index (κ2) is 10.1. The first-order chi connectivity index (χ1) is 10.8. The topological polar surface area (TPSA) is 54.0 Å². The van der Waals surface area contributed by atoms with Crippen LogP contribution in [-0.2, 0) is 23.4 Å². The highest BCUT2D eigenvalue weighted by molar-refractivity contribution is 6.76. The zero-order chi connectivity index (χ0) is 19.0. The van der Waals surface area contributed by atoms with Crippen LogP contribution in [0.1, 0.15) is 27.2 Å². The molecule has 0 aromatic rings. The number of rotatable bonds is 11. The lowest BCUT2D eigenvalue weighted by Crippen LogP contribution is -2.43. The van der Waals surface area contributed by atoms with Crippen molar-refractivity contribution < 1.29 is 23.4 Å². The van der Waals surface area contributed by atoms with Crippen molar-refractivity contribution in [3.63, 3.8) is 0 Å². The molecule has 0 amide bonds. The van der Waals surface area contributed by atoms with Crippen LogP contribution in [0.5, 0.6) is 0 Å². The van der Waals surface area contributed by atoms with Crippen LogP contribution in [0.15, 0.2) is 0 Å². The van der Waals surface area contributed by atoms with E-state index in [1.165, 1.54) is 7.11 Å². The lowest BCUT2D eigenvalue weighted by Gasteiger charge is -2.37. The molecule has 0 aromatic carbocycles. The minimum Gasteiger partial charge on any atom is -0.469 e. The zero-order valence-electron chi connectivity index (χ0n) is 17.2. The molecule has 0 saturated carbocycles. The van der Waals surface area contributed by atoms with Crippen molar-refractivity contribution in [3.05, 3.63) is 0 Å². The Morgan fingerprint density at radius 1 is 1.08 bits per heavy atom. The number of hydrogen-bond donors (Lipinski definition) is 0. The maximum absolute atomic E-state index is 11.6. The van der Waals surface area contributed by atoms with Crippen LogP contribution in [0.2, 0.25) is 43.8 Å². The van der Waals surface area contributed by atoms with Gasteiger partial charge in [0.1, 0.15) is 6.79 Å². The number of esters is 1. The van der Waals surface area contributed by atoms with E-state index in [2.05, 4.69) is 53.5 Å². The average Bonchev–Trinajstić information content (AvgIpc) is 2.41. The van der Waals surface area contributed by atoms with Crippen molar-refractivity contribution in [3.8, 4) is 0 Å². The Morgan fingerprint density at radius 3 is 2.12 bits per heavy atom. The second-order valence-corrected chi connectivity index (χ2v) is 19.4. The minimum absolute atomic E-state index is 0.122. The predicted molar refractivity (Wildman–Crippen MR) is 104 cm³/mol. The van der Waals surface area contributed by atoms with Gasteiger partial charge in [-0.15, -0.1) is 0 Å². The van der Waals surface area contributed by atoms with E-state index in [4.69, 9.17) is 18.6 Å². The van der Waals surface area contributed by atoms with Gasteiger partial charge in [0.25, 0.3) is 0 Å². The van der Waals surface area contributed by atoms with Gasteiger partial charge in [0.15, 0.2) is 8.32 Å². The SMILES string of the molecule is COC(=O)C[C@@H](CO[Si](C)(C)C(C)(C)C)OCOCC[Si](C)(C)C. The average molecular weight is 379 g/mol. The van der Waals surface area contributed by atoms with Crippen molar-refractivity contribution >= 4 is 22.4 Å². The molecule has 0 bridgehead atoms. The van der Waals surface area contributed by atoms with E-state index in [-0.39, 0.29) is 30.3 Å². The molecule has 7 heteroatoms. The summed E-state index contributed by atoms with van der Waals surface area (Å²) in [5.41, 5.74) is 0. The minimum atomic E-state index is -1.88. The molecule has 144 valence electrons. The van der Waals surface area contributed by atoms with Crippen LogP contribution in [-0.4, -0.2) is 55.6 Å². The van der Waals surface area contributed by atoms with E-state index in [1.54, 1.807) is 0 Å². The number of hydrogen-bond acceptors (Lipinski definition) is 5. The van der Waals surface area contributed by atoms with Crippen LogP contribution in [0.4, 0.5) is 0 Å². The van der Waals surface area contributed by atoms with Crippen LogP contribution < -0.4 is 0 Å². The van der Waals surface area contributed by atoms with Gasteiger partial charge in [-0.3, -0.25) is 4.79 Å². The first-order valence-electron chi connectivity index (χ1n) is 8.68. The largest absolute Gasteiger partial charge is 0.469 e. The van der Waals surface area contributed by atoms with E-state index < -0.39 is 16.4 Å². The summed E-state index contributed by atoms with van der Waals surface area (Å²) in [6.07, 6.45) is -0.152. The highest BCUT2D eigenvalue weighted by atomic mass is 28.4. The molecule has 24 heavy (non-hydrogen) atoms. The van der Waals surface area contributed by atoms with E-state index in [1.807, 2.05) is 0 Å². The van der Waals surface area contributed by atoms with Crippen molar-refractivity contribution in [2.45, 2.75) is 77.1 Å². The lowest BCUT2D eigenvalue weighted by molar-refractivity contribution is -0.149. The van der Waals surface area contributed by atoms with E-state index >= 15 is 0 Å². The normalized spacial score (nSPS) is 14.5. The maximum Gasteiger partial charge on any atom is 0.308 e. The van der Waals surface area contributed by atoms with Gasteiger partial charge in [-0.1, -0.05) is 40.4 Å². The fraction of sp³-hybridized carbons (Fsp3) is 0.941. The summed E-state index contributed by atoms with van der Waals surface area (Å²) in [7, 11) is -1.59. The number of carbonyl (C=O) groups is 1. The first kappa shape index (κ1) is 23.8. The van der Waals surface area contributed by atoms with Crippen LogP contribution in [0.25, 0.3) is 0 Å². The molecular weight excluding hydrogens is 340 g/mol. The predicted octanol–water partition coefficient (Wildman–Crippen LogP) is 4.27. The Kier molecular flexibility index (Phi) is 9.97. The summed E-state index contributed by atoms with van der Waals surface area (Å²) in [5, 5.41) is 0.122. The Balaban J connectivity index is 4.41. The Bertz CT molecular complexity index is 372. The Hall–Kier alpha value is -0.216. The van der Waals surface area contributed by atoms with Crippen molar-refractivity contribution in [2.24, 2.45) is 0 Å². The van der Waals surface area contributed by atoms with Crippen LogP contribution >= 0.6 is 0 Å². The molecule has 0 radical (unpaired) electrons. The smallest absolute Gasteiger partial charge is 0.308 e. The molecule has 1 atom stereocenters. The monoisotopic (exact) mass is 378 g/mol. The third kappa shape index (κ3) is 10.6. The molecule has 0 N–H and O–H groups in total. The number of methoxy groups -OCH3 is 1. The highest BCUT2D eigenvalue weighted by Gasteiger charge is 2.37. The van der Waals surface area contributed by atoms with Gasteiger partial charge < -0.3 is 18.6 Å². The molecule has 5 nitrogen and oxygen atoms in total. The molecule has 0 aliphatic heterocycles. The van der Waals surface area contributed by atoms with Gasteiger partial charge in [0.05, 0.1) is 26.2 Å². The maximum atomic E-state index is 11.6. The lowest BCUT2D eigenvalue weighted by atomic mass is 10.2. The zero-order valence-corrected chi connectivity index (χ0v) is 19.2. The molecule has 0 unspecified atom stereocenters. The molecule has 0 fully saturated rings. The van der Waals surface area contributed by atoms with Crippen molar-refractivity contribution in [2.75, 3.05) is 27.1 Å². The summed E-state index contributed by atoms with van der Waals surface area (Å²) >= 11 is 0. The summed E-state index contributed by atoms with van der Waals surface area (Å²) in [4.78, 5) is 11.6. The van der Waals surface area contributed by atoms with Gasteiger partial charge in [0.2, 0.25) is 0 Å². The molecule has 0 spiro atoms. The van der Waals surface area contributed by atoms with E-state index in [0.717, 1.165) is 6.04 Å².